The predicted octanol–water partition coefficient (Wildman–Crippen LogP) is 0.896. The van der Waals surface area contributed by atoms with Crippen molar-refractivity contribution in [2.45, 2.75) is 19.5 Å². The van der Waals surface area contributed by atoms with E-state index < -0.39 is 12.6 Å². The van der Waals surface area contributed by atoms with Crippen LogP contribution in [0.5, 0.6) is 0 Å². The van der Waals surface area contributed by atoms with E-state index in [-0.39, 0.29) is 6.42 Å². The third-order valence-corrected chi connectivity index (χ3v) is 1.40. The first-order chi connectivity index (χ1) is 5.72. The highest BCUT2D eigenvalue weighted by Gasteiger charge is 2.02. The van der Waals surface area contributed by atoms with E-state index in [0.717, 1.165) is 0 Å². The average Bonchev–Trinajstić information content (AvgIpc) is 2.48. The monoisotopic (exact) mass is 172 g/mol. The van der Waals surface area contributed by atoms with Gasteiger partial charge in [0.1, 0.15) is 12.5 Å². The van der Waals surface area contributed by atoms with Crippen LogP contribution in [-0.2, 0) is 17.9 Å². The zero-order chi connectivity index (χ0) is 8.97. The van der Waals surface area contributed by atoms with E-state index >= 15 is 0 Å². The van der Waals surface area contributed by atoms with Gasteiger partial charge in [-0.25, -0.2) is 9.37 Å². The van der Waals surface area contributed by atoms with E-state index in [1.165, 1.54) is 6.20 Å². The lowest BCUT2D eigenvalue weighted by atomic mass is 10.3. The molecule has 12 heavy (non-hydrogen) atoms. The van der Waals surface area contributed by atoms with Gasteiger partial charge in [0.15, 0.2) is 0 Å². The number of alkyl halides is 1. The molecule has 1 heterocycles. The van der Waals surface area contributed by atoms with Crippen molar-refractivity contribution in [3.8, 4) is 0 Å². The fraction of sp³-hybridized carbons (Fsp3) is 0.429. The van der Waals surface area contributed by atoms with E-state index in [0.29, 0.717) is 17.9 Å². The fourth-order valence-electron chi connectivity index (χ4n) is 0.826. The Morgan fingerprint density at radius 3 is 3.00 bits per heavy atom. The van der Waals surface area contributed by atoms with Crippen LogP contribution < -0.4 is 0 Å². The Bertz CT molecular complexity index is 272. The number of carboxylic acids is 1. The van der Waals surface area contributed by atoms with Gasteiger partial charge in [0.05, 0.1) is 18.3 Å². The molecule has 0 amide bonds. The second-order valence-corrected chi connectivity index (χ2v) is 2.38. The summed E-state index contributed by atoms with van der Waals surface area (Å²) in [4.78, 5) is 16.6. The van der Waals surface area contributed by atoms with Crippen LogP contribution in [0, 0.1) is 0 Å². The van der Waals surface area contributed by atoms with Crippen LogP contribution in [0.3, 0.4) is 0 Å². The van der Waals surface area contributed by atoms with Crippen LogP contribution in [-0.4, -0.2) is 21.0 Å². The minimum absolute atomic E-state index is 0.0131. The van der Waals surface area contributed by atoms with Crippen LogP contribution in [0.25, 0.3) is 0 Å². The van der Waals surface area contributed by atoms with Crippen molar-refractivity contribution in [3.05, 3.63) is 17.7 Å². The van der Waals surface area contributed by atoms with Crippen LogP contribution in [0.15, 0.2) is 6.20 Å². The van der Waals surface area contributed by atoms with Crippen molar-refractivity contribution in [3.63, 3.8) is 0 Å². The Kier molecular flexibility index (Phi) is 2.79. The van der Waals surface area contributed by atoms with Gasteiger partial charge in [-0.1, -0.05) is 0 Å². The highest BCUT2D eigenvalue weighted by Crippen LogP contribution is 2.01. The summed E-state index contributed by atoms with van der Waals surface area (Å²) < 4.78 is 11.9. The molecule has 0 saturated carbocycles. The molecule has 5 heteroatoms. The first-order valence-electron chi connectivity index (χ1n) is 3.53. The number of carboxylic acid groups (broad SMARTS) is 1. The number of rotatable bonds is 4. The molecule has 0 aromatic carbocycles. The number of aromatic nitrogens is 2. The molecule has 0 fully saturated rings. The molecule has 0 spiro atoms. The Hall–Kier alpha value is -1.39. The lowest BCUT2D eigenvalue weighted by molar-refractivity contribution is -0.137. The van der Waals surface area contributed by atoms with Crippen molar-refractivity contribution in [1.82, 2.24) is 9.97 Å². The van der Waals surface area contributed by atoms with Gasteiger partial charge in [-0.3, -0.25) is 4.79 Å². The average molecular weight is 172 g/mol. The van der Waals surface area contributed by atoms with Crippen molar-refractivity contribution in [2.24, 2.45) is 0 Å². The quantitative estimate of drug-likeness (QED) is 0.708. The lowest BCUT2D eigenvalue weighted by Gasteiger charge is -1.90. The smallest absolute Gasteiger partial charge is 0.303 e. The highest BCUT2D eigenvalue weighted by molar-refractivity contribution is 5.66. The van der Waals surface area contributed by atoms with E-state index in [1.807, 2.05) is 0 Å². The molecule has 1 aromatic rings. The van der Waals surface area contributed by atoms with E-state index in [2.05, 4.69) is 9.97 Å². The molecular formula is C7H9FN2O2. The molecule has 0 atom stereocenters. The van der Waals surface area contributed by atoms with Gasteiger partial charge in [-0.2, -0.15) is 0 Å². The summed E-state index contributed by atoms with van der Waals surface area (Å²) in [7, 11) is 0. The maximum absolute atomic E-state index is 11.9. The fourth-order valence-corrected chi connectivity index (χ4v) is 0.826. The highest BCUT2D eigenvalue weighted by atomic mass is 19.1. The normalized spacial score (nSPS) is 10.1. The third kappa shape index (κ3) is 2.34. The number of nitrogens with zero attached hydrogens (tertiary/aromatic N) is 1. The molecule has 0 unspecified atom stereocenters. The van der Waals surface area contributed by atoms with Gasteiger partial charge in [-0.05, 0) is 0 Å². The number of hydrogen-bond acceptors (Lipinski definition) is 2. The number of nitrogens with one attached hydrogen (secondary N) is 1. The minimum atomic E-state index is -0.881. The standard InChI is InChI=1S/C7H9FN2O2/c8-3-5-4-9-6(10-5)1-2-7(11)12/h4H,1-3H2,(H,9,10)(H,11,12). The summed E-state index contributed by atoms with van der Waals surface area (Å²) in [6.45, 7) is -0.597. The van der Waals surface area contributed by atoms with Gasteiger partial charge < -0.3 is 10.1 Å². The summed E-state index contributed by atoms with van der Waals surface area (Å²) in [5.74, 6) is -0.363. The maximum Gasteiger partial charge on any atom is 0.303 e. The SMILES string of the molecule is O=C(O)CCc1ncc(CF)[nH]1. The maximum atomic E-state index is 11.9. The van der Waals surface area contributed by atoms with Crippen molar-refractivity contribution in [1.29, 1.82) is 0 Å². The minimum Gasteiger partial charge on any atom is -0.481 e. The van der Waals surface area contributed by atoms with Crippen LogP contribution in [0.4, 0.5) is 4.39 Å². The summed E-state index contributed by atoms with van der Waals surface area (Å²) in [6, 6.07) is 0. The van der Waals surface area contributed by atoms with Gasteiger partial charge >= 0.3 is 5.97 Å². The second kappa shape index (κ2) is 3.85. The van der Waals surface area contributed by atoms with Gasteiger partial charge in [0.25, 0.3) is 0 Å². The Morgan fingerprint density at radius 2 is 2.50 bits per heavy atom. The molecule has 66 valence electrons. The zero-order valence-electron chi connectivity index (χ0n) is 6.38. The molecule has 1 rings (SSSR count). The number of aromatic amines is 1. The molecule has 0 bridgehead atoms. The van der Waals surface area contributed by atoms with E-state index in [4.69, 9.17) is 5.11 Å². The van der Waals surface area contributed by atoms with E-state index in [1.54, 1.807) is 0 Å². The first kappa shape index (κ1) is 8.70. The summed E-state index contributed by atoms with van der Waals surface area (Å²) >= 11 is 0. The largest absolute Gasteiger partial charge is 0.481 e. The number of aryl methyl sites for hydroxylation is 1. The molecular weight excluding hydrogens is 163 g/mol. The second-order valence-electron chi connectivity index (χ2n) is 2.38. The lowest BCUT2D eigenvalue weighted by Crippen LogP contribution is -1.98. The summed E-state index contributed by atoms with van der Waals surface area (Å²) in [6.07, 6.45) is 1.70. The van der Waals surface area contributed by atoms with Gasteiger partial charge in [0, 0.05) is 6.42 Å². The van der Waals surface area contributed by atoms with Crippen LogP contribution in [0.1, 0.15) is 17.9 Å². The third-order valence-electron chi connectivity index (χ3n) is 1.40. The topological polar surface area (TPSA) is 66.0 Å². The number of hydrogen-bond donors (Lipinski definition) is 2. The van der Waals surface area contributed by atoms with Crippen LogP contribution in [0.2, 0.25) is 0 Å². The molecule has 0 saturated heterocycles. The Labute approximate surface area is 68.4 Å². The first-order valence-corrected chi connectivity index (χ1v) is 3.53. The van der Waals surface area contributed by atoms with Gasteiger partial charge in [0.2, 0.25) is 0 Å². The Morgan fingerprint density at radius 1 is 1.75 bits per heavy atom. The van der Waals surface area contributed by atoms with E-state index in [9.17, 15) is 9.18 Å². The number of imidazole rings is 1. The molecule has 0 aliphatic rings. The number of aliphatic carboxylic acids is 1. The van der Waals surface area contributed by atoms with Crippen molar-refractivity contribution >= 4 is 5.97 Å². The summed E-state index contributed by atoms with van der Waals surface area (Å²) in [5.41, 5.74) is 0.385. The molecule has 0 aliphatic heterocycles. The number of halogens is 1. The molecule has 4 nitrogen and oxygen atoms in total. The number of carbonyl (C=O) groups is 1. The molecule has 1 aromatic heterocycles. The predicted molar refractivity (Wildman–Crippen MR) is 39.4 cm³/mol. The number of H-pyrrole nitrogens is 1. The molecule has 2 N–H and O–H groups in total. The van der Waals surface area contributed by atoms with Crippen molar-refractivity contribution < 1.29 is 14.3 Å². The summed E-state index contributed by atoms with van der Waals surface area (Å²) in [5, 5.41) is 8.32. The molecule has 0 aliphatic carbocycles. The van der Waals surface area contributed by atoms with Gasteiger partial charge in [-0.15, -0.1) is 0 Å². The zero-order valence-corrected chi connectivity index (χ0v) is 6.38. The van der Waals surface area contributed by atoms with Crippen LogP contribution >= 0.6 is 0 Å². The molecule has 0 radical (unpaired) electrons. The van der Waals surface area contributed by atoms with Crippen molar-refractivity contribution in [2.75, 3.05) is 0 Å². The Balaban J connectivity index is 2.47.